The van der Waals surface area contributed by atoms with Gasteiger partial charge in [0.1, 0.15) is 36.1 Å². The molecule has 41 heavy (non-hydrogen) atoms. The Hall–Kier alpha value is -4.47. The largest absolute Gasteiger partial charge is 0.489 e. The van der Waals surface area contributed by atoms with Gasteiger partial charge in [-0.3, -0.25) is 14.9 Å². The lowest BCUT2D eigenvalue weighted by Crippen LogP contribution is -2.54. The van der Waals surface area contributed by atoms with Crippen LogP contribution >= 0.6 is 27.5 Å². The van der Waals surface area contributed by atoms with Crippen LogP contribution in [-0.4, -0.2) is 17.8 Å². The summed E-state index contributed by atoms with van der Waals surface area (Å²) in [5.74, 6) is -1.24. The third kappa shape index (κ3) is 6.65. The van der Waals surface area contributed by atoms with Crippen molar-refractivity contribution in [2.24, 2.45) is 0 Å². The molecule has 0 unspecified atom stereocenters. The first-order chi connectivity index (χ1) is 19.8. The highest BCUT2D eigenvalue weighted by atomic mass is 79.9. The lowest BCUT2D eigenvalue weighted by Gasteiger charge is -2.26. The van der Waals surface area contributed by atoms with Gasteiger partial charge >= 0.3 is 6.03 Å². The molecule has 206 valence electrons. The number of carbonyl (C=O) groups excluding carboxylic acids is 3. The van der Waals surface area contributed by atoms with Crippen LogP contribution in [-0.2, 0) is 22.8 Å². The van der Waals surface area contributed by atoms with Crippen molar-refractivity contribution in [3.63, 3.8) is 0 Å². The number of rotatable bonds is 8. The molecule has 7 nitrogen and oxygen atoms in total. The molecule has 0 aliphatic carbocycles. The van der Waals surface area contributed by atoms with E-state index >= 15 is 0 Å². The van der Waals surface area contributed by atoms with Crippen molar-refractivity contribution in [3.8, 4) is 11.5 Å². The Morgan fingerprint density at radius 2 is 1.61 bits per heavy atom. The summed E-state index contributed by atoms with van der Waals surface area (Å²) >= 11 is 9.30. The quantitative estimate of drug-likeness (QED) is 0.165. The second-order valence-corrected chi connectivity index (χ2v) is 10.3. The van der Waals surface area contributed by atoms with Crippen molar-refractivity contribution in [3.05, 3.63) is 129 Å². The number of amides is 4. The number of nitrogens with one attached hydrogen (secondary N) is 1. The van der Waals surface area contributed by atoms with Crippen LogP contribution < -0.4 is 19.7 Å². The van der Waals surface area contributed by atoms with E-state index in [-0.39, 0.29) is 17.9 Å². The first kappa shape index (κ1) is 28.1. The number of hydrogen-bond acceptors (Lipinski definition) is 5. The molecule has 1 saturated heterocycles. The maximum atomic E-state index is 14.1. The van der Waals surface area contributed by atoms with Gasteiger partial charge in [0, 0.05) is 20.6 Å². The van der Waals surface area contributed by atoms with E-state index in [2.05, 4.69) is 21.2 Å². The van der Waals surface area contributed by atoms with Gasteiger partial charge in [-0.25, -0.2) is 14.1 Å². The molecular formula is C31H21BrClFN2O5. The van der Waals surface area contributed by atoms with Crippen LogP contribution in [0, 0.1) is 5.82 Å². The zero-order valence-electron chi connectivity index (χ0n) is 21.3. The molecule has 4 aromatic rings. The molecule has 0 atom stereocenters. The first-order valence-electron chi connectivity index (χ1n) is 12.3. The van der Waals surface area contributed by atoms with E-state index in [1.165, 1.54) is 12.1 Å². The van der Waals surface area contributed by atoms with Crippen molar-refractivity contribution < 1.29 is 28.2 Å². The van der Waals surface area contributed by atoms with E-state index in [9.17, 15) is 18.8 Å². The first-order valence-corrected chi connectivity index (χ1v) is 13.5. The number of halogens is 3. The number of carbonyl (C=O) groups is 3. The van der Waals surface area contributed by atoms with Gasteiger partial charge < -0.3 is 9.47 Å². The van der Waals surface area contributed by atoms with Gasteiger partial charge in [0.2, 0.25) is 0 Å². The van der Waals surface area contributed by atoms with E-state index in [1.54, 1.807) is 72.8 Å². The Kier molecular flexibility index (Phi) is 8.47. The number of hydrogen-bond donors (Lipinski definition) is 1. The molecule has 0 radical (unpaired) electrons. The van der Waals surface area contributed by atoms with Crippen molar-refractivity contribution in [1.82, 2.24) is 5.32 Å². The third-order valence-corrected chi connectivity index (χ3v) is 6.87. The van der Waals surface area contributed by atoms with Crippen molar-refractivity contribution >= 4 is 57.1 Å². The number of anilines is 1. The molecule has 0 aromatic heterocycles. The minimum atomic E-state index is -0.878. The van der Waals surface area contributed by atoms with E-state index in [4.69, 9.17) is 21.1 Å². The van der Waals surface area contributed by atoms with E-state index in [0.29, 0.717) is 38.7 Å². The number of imide groups is 2. The van der Waals surface area contributed by atoms with Crippen LogP contribution in [0.2, 0.25) is 5.02 Å². The highest BCUT2D eigenvalue weighted by Gasteiger charge is 2.37. The summed E-state index contributed by atoms with van der Waals surface area (Å²) in [6.45, 7) is 0.233. The minimum absolute atomic E-state index is 0.0678. The minimum Gasteiger partial charge on any atom is -0.489 e. The van der Waals surface area contributed by atoms with Crippen molar-refractivity contribution in [2.75, 3.05) is 4.90 Å². The Morgan fingerprint density at radius 3 is 2.34 bits per heavy atom. The molecule has 4 aromatic carbocycles. The molecule has 1 aliphatic heterocycles. The maximum absolute atomic E-state index is 14.1. The predicted octanol–water partition coefficient (Wildman–Crippen LogP) is 7.07. The molecule has 1 aliphatic rings. The molecular weight excluding hydrogens is 615 g/mol. The topological polar surface area (TPSA) is 84.9 Å². The van der Waals surface area contributed by atoms with Gasteiger partial charge in [-0.15, -0.1) is 0 Å². The van der Waals surface area contributed by atoms with Crippen LogP contribution in [0.3, 0.4) is 0 Å². The molecule has 1 N–H and O–H groups in total. The van der Waals surface area contributed by atoms with Crippen LogP contribution in [0.4, 0.5) is 14.9 Å². The highest BCUT2D eigenvalue weighted by Crippen LogP contribution is 2.29. The average Bonchev–Trinajstić information content (AvgIpc) is 2.96. The standard InChI is InChI=1S/C31H21BrClFN2O5/c32-22-7-14-28(41-18-20-3-1-2-4-27(20)34)21(15-22)16-26-29(37)35-31(39)36(30(26)38)24-10-12-25(13-11-24)40-17-19-5-8-23(33)9-6-19/h1-16H,17-18H2,(H,35,37,39)/b26-16+. The van der Waals surface area contributed by atoms with Crippen LogP contribution in [0.25, 0.3) is 6.08 Å². The Bertz CT molecular complexity index is 1660. The second kappa shape index (κ2) is 12.4. The molecule has 0 saturated carbocycles. The third-order valence-electron chi connectivity index (χ3n) is 6.13. The Balaban J connectivity index is 1.36. The van der Waals surface area contributed by atoms with Crippen LogP contribution in [0.1, 0.15) is 16.7 Å². The van der Waals surface area contributed by atoms with Gasteiger partial charge in [0.05, 0.1) is 5.69 Å². The Labute approximate surface area is 248 Å². The lowest BCUT2D eigenvalue weighted by atomic mass is 10.1. The van der Waals surface area contributed by atoms with Crippen LogP contribution in [0.15, 0.2) is 101 Å². The van der Waals surface area contributed by atoms with Gasteiger partial charge in [0.25, 0.3) is 11.8 Å². The lowest BCUT2D eigenvalue weighted by molar-refractivity contribution is -0.122. The number of benzene rings is 4. The number of nitrogens with zero attached hydrogens (tertiary/aromatic N) is 1. The normalized spacial score (nSPS) is 14.3. The van der Waals surface area contributed by atoms with E-state index < -0.39 is 23.7 Å². The van der Waals surface area contributed by atoms with Crippen molar-refractivity contribution in [2.45, 2.75) is 13.2 Å². The van der Waals surface area contributed by atoms with Gasteiger partial charge in [-0.05, 0) is 72.3 Å². The zero-order chi connectivity index (χ0) is 28.9. The summed E-state index contributed by atoms with van der Waals surface area (Å²) in [7, 11) is 0. The van der Waals surface area contributed by atoms with Crippen LogP contribution in [0.5, 0.6) is 11.5 Å². The molecule has 5 rings (SSSR count). The highest BCUT2D eigenvalue weighted by molar-refractivity contribution is 9.10. The summed E-state index contributed by atoms with van der Waals surface area (Å²) in [5, 5.41) is 2.83. The zero-order valence-corrected chi connectivity index (χ0v) is 23.6. The number of barbiturate groups is 1. The SMILES string of the molecule is O=C1NC(=O)N(c2ccc(OCc3ccc(Cl)cc3)cc2)C(=O)/C1=C/c1cc(Br)ccc1OCc1ccccc1F. The predicted molar refractivity (Wildman–Crippen MR) is 156 cm³/mol. The van der Waals surface area contributed by atoms with Crippen molar-refractivity contribution in [1.29, 1.82) is 0 Å². The fourth-order valence-electron chi connectivity index (χ4n) is 4.02. The van der Waals surface area contributed by atoms with E-state index in [1.807, 2.05) is 12.1 Å². The molecule has 1 fully saturated rings. The summed E-state index contributed by atoms with van der Waals surface area (Å²) in [6.07, 6.45) is 1.34. The van der Waals surface area contributed by atoms with Gasteiger partial charge in [-0.2, -0.15) is 0 Å². The molecule has 4 amide bonds. The number of urea groups is 1. The summed E-state index contributed by atoms with van der Waals surface area (Å²) in [4.78, 5) is 39.7. The van der Waals surface area contributed by atoms with Gasteiger partial charge in [-0.1, -0.05) is 57.9 Å². The van der Waals surface area contributed by atoms with E-state index in [0.717, 1.165) is 10.5 Å². The molecule has 1 heterocycles. The summed E-state index contributed by atoms with van der Waals surface area (Å²) in [6, 6.07) is 23.9. The maximum Gasteiger partial charge on any atom is 0.335 e. The number of ether oxygens (including phenoxy) is 2. The molecule has 10 heteroatoms. The molecule has 0 bridgehead atoms. The smallest absolute Gasteiger partial charge is 0.335 e. The Morgan fingerprint density at radius 1 is 0.878 bits per heavy atom. The van der Waals surface area contributed by atoms with Gasteiger partial charge in [0.15, 0.2) is 0 Å². The second-order valence-electron chi connectivity index (χ2n) is 8.93. The monoisotopic (exact) mass is 634 g/mol. The fourth-order valence-corrected chi connectivity index (χ4v) is 4.53. The summed E-state index contributed by atoms with van der Waals surface area (Å²) in [5.41, 5.74) is 1.62. The average molecular weight is 636 g/mol. The fraction of sp³-hybridized carbons (Fsp3) is 0.0645. The molecule has 0 spiro atoms. The summed E-state index contributed by atoms with van der Waals surface area (Å²) < 4.78 is 26.4.